The van der Waals surface area contributed by atoms with Crippen molar-refractivity contribution >= 4 is 11.9 Å². The summed E-state index contributed by atoms with van der Waals surface area (Å²) in [5, 5.41) is 17.4. The highest BCUT2D eigenvalue weighted by molar-refractivity contribution is 5.96. The maximum Gasteiger partial charge on any atom is 0.272 e. The van der Waals surface area contributed by atoms with Crippen LogP contribution in [0.4, 0.5) is 0 Å². The van der Waals surface area contributed by atoms with Gasteiger partial charge in [0, 0.05) is 24.1 Å². The van der Waals surface area contributed by atoms with Crippen LogP contribution in [-0.4, -0.2) is 44.9 Å². The zero-order chi connectivity index (χ0) is 18.7. The molecule has 0 aromatic carbocycles. The molecule has 1 amide bonds. The third kappa shape index (κ3) is 1.46. The van der Waals surface area contributed by atoms with Gasteiger partial charge in [-0.1, -0.05) is 6.92 Å². The highest BCUT2D eigenvalue weighted by atomic mass is 16.3. The molecule has 0 bridgehead atoms. The van der Waals surface area contributed by atoms with E-state index in [1.807, 2.05) is 33.9 Å². The standard InChI is InChI=1S/C18H23N7O2/c1-8-5-9-7-25-13(26)10-3-2-4-24(10)14-18(25,23-16(20)22-14)12(9)17(8)6-11(19)21-15(17)27/h2-4,6,8-9,12,14-15,21,27H,5,7,19H2,1H3,(H3,20,22,23)/t8-,9-,12+,14?,15+,17+,18?/m0/s1. The number of amides is 1. The second-order valence-corrected chi connectivity index (χ2v) is 8.58. The number of nitrogens with one attached hydrogen (secondary N) is 2. The first-order valence-corrected chi connectivity index (χ1v) is 9.43. The van der Waals surface area contributed by atoms with Crippen LogP contribution in [0.3, 0.4) is 0 Å². The van der Waals surface area contributed by atoms with Crippen molar-refractivity contribution in [1.82, 2.24) is 20.1 Å². The summed E-state index contributed by atoms with van der Waals surface area (Å²) in [7, 11) is 0. The molecule has 142 valence electrons. The predicted molar refractivity (Wildman–Crippen MR) is 96.6 cm³/mol. The minimum Gasteiger partial charge on any atom is -0.386 e. The highest BCUT2D eigenvalue weighted by Gasteiger charge is 2.75. The molecule has 2 unspecified atom stereocenters. The van der Waals surface area contributed by atoms with Gasteiger partial charge in [-0.05, 0) is 36.5 Å². The van der Waals surface area contributed by atoms with Crippen LogP contribution in [0.25, 0.3) is 0 Å². The molecule has 2 spiro atoms. The maximum absolute atomic E-state index is 13.3. The van der Waals surface area contributed by atoms with Crippen molar-refractivity contribution in [2.45, 2.75) is 31.4 Å². The zero-order valence-electron chi connectivity index (χ0n) is 15.0. The van der Waals surface area contributed by atoms with Crippen molar-refractivity contribution in [3.8, 4) is 0 Å². The van der Waals surface area contributed by atoms with E-state index in [0.717, 1.165) is 6.42 Å². The van der Waals surface area contributed by atoms with Gasteiger partial charge in [-0.15, -0.1) is 0 Å². The number of aliphatic hydroxyl groups is 1. The molecular formula is C18H23N7O2. The van der Waals surface area contributed by atoms with Crippen molar-refractivity contribution < 1.29 is 9.90 Å². The van der Waals surface area contributed by atoms with E-state index in [1.165, 1.54) is 0 Å². The molecule has 5 aliphatic rings. The molecule has 1 aliphatic carbocycles. The van der Waals surface area contributed by atoms with E-state index in [9.17, 15) is 9.90 Å². The number of nitrogens with zero attached hydrogens (tertiary/aromatic N) is 3. The molecule has 1 saturated carbocycles. The number of rotatable bonds is 0. The lowest BCUT2D eigenvalue weighted by atomic mass is 9.65. The first-order chi connectivity index (χ1) is 12.9. The van der Waals surface area contributed by atoms with E-state index in [0.29, 0.717) is 24.0 Å². The smallest absolute Gasteiger partial charge is 0.272 e. The number of aliphatic imine (C=N–C) groups is 1. The second kappa shape index (κ2) is 4.41. The lowest BCUT2D eigenvalue weighted by Crippen LogP contribution is -2.69. The van der Waals surface area contributed by atoms with Gasteiger partial charge in [0.25, 0.3) is 5.91 Å². The molecule has 9 nitrogen and oxygen atoms in total. The van der Waals surface area contributed by atoms with Gasteiger partial charge in [-0.25, -0.2) is 4.99 Å². The van der Waals surface area contributed by atoms with E-state index in [2.05, 4.69) is 22.5 Å². The van der Waals surface area contributed by atoms with Crippen molar-refractivity contribution in [1.29, 1.82) is 0 Å². The van der Waals surface area contributed by atoms with Gasteiger partial charge in [0.1, 0.15) is 11.9 Å². The first kappa shape index (κ1) is 15.4. The number of carbonyl (C=O) groups is 1. The van der Waals surface area contributed by atoms with Crippen LogP contribution in [0.1, 0.15) is 30.0 Å². The van der Waals surface area contributed by atoms with Gasteiger partial charge >= 0.3 is 0 Å². The number of aliphatic hydroxyl groups excluding tert-OH is 1. The highest BCUT2D eigenvalue weighted by Crippen LogP contribution is 2.66. The normalized spacial score (nSPS) is 46.4. The number of fused-ring (bicyclic) bond motifs is 4. The van der Waals surface area contributed by atoms with E-state index >= 15 is 0 Å². The van der Waals surface area contributed by atoms with E-state index in [1.54, 1.807) is 0 Å². The lowest BCUT2D eigenvalue weighted by molar-refractivity contribution is -0.0615. The fourth-order valence-corrected chi connectivity index (χ4v) is 6.76. The Balaban J connectivity index is 1.61. The Morgan fingerprint density at radius 3 is 2.96 bits per heavy atom. The van der Waals surface area contributed by atoms with E-state index in [4.69, 9.17) is 11.5 Å². The average Bonchev–Trinajstić information content (AvgIpc) is 3.35. The fraction of sp³-hybridized carbons (Fsp3) is 0.556. The molecule has 2 fully saturated rings. The van der Waals surface area contributed by atoms with Crippen LogP contribution in [0.15, 0.2) is 35.2 Å². The summed E-state index contributed by atoms with van der Waals surface area (Å²) in [4.78, 5) is 19.9. The minimum absolute atomic E-state index is 0.0248. The fourth-order valence-electron chi connectivity index (χ4n) is 6.76. The van der Waals surface area contributed by atoms with Crippen molar-refractivity contribution in [3.05, 3.63) is 35.9 Å². The quantitative estimate of drug-likeness (QED) is 0.400. The number of hydrogen-bond acceptors (Lipinski definition) is 7. The lowest BCUT2D eigenvalue weighted by Gasteiger charge is -2.51. The number of carbonyl (C=O) groups excluding carboxylic acids is 1. The summed E-state index contributed by atoms with van der Waals surface area (Å²) in [6.07, 6.45) is 3.59. The summed E-state index contributed by atoms with van der Waals surface area (Å²) < 4.78 is 1.91. The second-order valence-electron chi connectivity index (χ2n) is 8.58. The van der Waals surface area contributed by atoms with Crippen LogP contribution in [0, 0.1) is 23.2 Å². The van der Waals surface area contributed by atoms with Crippen molar-refractivity contribution in [3.63, 3.8) is 0 Å². The van der Waals surface area contributed by atoms with Crippen molar-refractivity contribution in [2.75, 3.05) is 6.54 Å². The van der Waals surface area contributed by atoms with E-state index < -0.39 is 17.3 Å². The Kier molecular flexibility index (Phi) is 2.51. The summed E-state index contributed by atoms with van der Waals surface area (Å²) in [6.45, 7) is 2.77. The average molecular weight is 369 g/mol. The van der Waals surface area contributed by atoms with Gasteiger partial charge < -0.3 is 36.7 Å². The minimum atomic E-state index is -0.803. The Morgan fingerprint density at radius 2 is 2.22 bits per heavy atom. The summed E-state index contributed by atoms with van der Waals surface area (Å²) in [5.41, 5.74) is 11.5. The largest absolute Gasteiger partial charge is 0.386 e. The van der Waals surface area contributed by atoms with E-state index in [-0.39, 0.29) is 29.8 Å². The van der Waals surface area contributed by atoms with Crippen LogP contribution >= 0.6 is 0 Å². The van der Waals surface area contributed by atoms with Gasteiger partial charge in [-0.2, -0.15) is 0 Å². The van der Waals surface area contributed by atoms with Crippen LogP contribution in [-0.2, 0) is 0 Å². The molecule has 0 radical (unpaired) electrons. The third-order valence-corrected chi connectivity index (χ3v) is 7.53. The molecule has 1 aromatic rings. The molecule has 9 heteroatoms. The molecular weight excluding hydrogens is 346 g/mol. The van der Waals surface area contributed by atoms with Crippen LogP contribution < -0.4 is 22.1 Å². The van der Waals surface area contributed by atoms with Gasteiger partial charge in [0.05, 0.1) is 5.82 Å². The van der Waals surface area contributed by atoms with Crippen molar-refractivity contribution in [2.24, 2.45) is 39.6 Å². The number of aromatic nitrogens is 1. The predicted octanol–water partition coefficient (Wildman–Crippen LogP) is -0.949. The van der Waals surface area contributed by atoms with Crippen LogP contribution in [0.5, 0.6) is 0 Å². The first-order valence-electron chi connectivity index (χ1n) is 9.43. The molecule has 6 rings (SSSR count). The van der Waals surface area contributed by atoms with Gasteiger partial charge in [0.15, 0.2) is 17.8 Å². The Morgan fingerprint density at radius 1 is 1.41 bits per heavy atom. The summed E-state index contributed by atoms with van der Waals surface area (Å²) in [6, 6.07) is 3.69. The van der Waals surface area contributed by atoms with Gasteiger partial charge in [0.2, 0.25) is 0 Å². The number of guanidine groups is 1. The SMILES string of the molecule is C[C@H]1C[C@H]2CN3C(=O)c4cccn4C4N=C(N)NC43[C@H]2[C@@]12C=C(N)N[C@@H]2O. The molecule has 27 heavy (non-hydrogen) atoms. The summed E-state index contributed by atoms with van der Waals surface area (Å²) >= 11 is 0. The maximum atomic E-state index is 13.3. The van der Waals surface area contributed by atoms with Gasteiger partial charge in [-0.3, -0.25) is 4.79 Å². The Hall–Kier alpha value is -2.68. The third-order valence-electron chi connectivity index (χ3n) is 7.53. The molecule has 1 saturated heterocycles. The van der Waals surface area contributed by atoms with Crippen LogP contribution in [0.2, 0.25) is 0 Å². The molecule has 7 N–H and O–H groups in total. The topological polar surface area (TPSA) is 134 Å². The zero-order valence-corrected chi connectivity index (χ0v) is 15.0. The molecule has 4 aliphatic heterocycles. The molecule has 5 heterocycles. The Bertz CT molecular complexity index is 938. The molecule has 7 atom stereocenters. The monoisotopic (exact) mass is 369 g/mol. The summed E-state index contributed by atoms with van der Waals surface area (Å²) in [5.74, 6) is 1.14. The number of hydrogen-bond donors (Lipinski definition) is 5. The Labute approximate surface area is 156 Å². The number of nitrogens with two attached hydrogens (primary N) is 2. The molecule has 1 aromatic heterocycles.